The second-order valence-corrected chi connectivity index (χ2v) is 4.31. The van der Waals surface area contributed by atoms with Crippen LogP contribution in [0, 0.1) is 0 Å². The first-order chi connectivity index (χ1) is 10.3. The highest BCUT2D eigenvalue weighted by atomic mass is 19.4. The van der Waals surface area contributed by atoms with Gasteiger partial charge in [0.25, 0.3) is 5.91 Å². The third-order valence-corrected chi connectivity index (χ3v) is 2.82. The average molecular weight is 309 g/mol. The molecule has 3 N–H and O–H groups in total. The van der Waals surface area contributed by atoms with Crippen LogP contribution in [0.4, 0.5) is 24.7 Å². The highest BCUT2D eigenvalue weighted by Gasteiger charge is 2.33. The smallest absolute Gasteiger partial charge is 0.383 e. The van der Waals surface area contributed by atoms with Crippen molar-refractivity contribution in [3.8, 4) is 0 Å². The van der Waals surface area contributed by atoms with Gasteiger partial charge in [-0.05, 0) is 30.3 Å². The summed E-state index contributed by atoms with van der Waals surface area (Å²) in [5.74, 6) is -0.648. The number of anilines is 2. The number of aldehydes is 1. The van der Waals surface area contributed by atoms with E-state index in [1.165, 1.54) is 18.3 Å². The summed E-state index contributed by atoms with van der Waals surface area (Å²) in [6.45, 7) is 0. The first-order valence-electron chi connectivity index (χ1n) is 6.01. The Kier molecular flexibility index (Phi) is 4.11. The van der Waals surface area contributed by atoms with Crippen LogP contribution in [0.1, 0.15) is 26.3 Å². The van der Waals surface area contributed by atoms with Crippen molar-refractivity contribution in [2.45, 2.75) is 6.18 Å². The van der Waals surface area contributed by atoms with Crippen molar-refractivity contribution in [3.63, 3.8) is 0 Å². The maximum absolute atomic E-state index is 12.7. The molecule has 1 amide bonds. The molecule has 2 rings (SSSR count). The number of carbonyl (C=O) groups is 2. The molecule has 8 heteroatoms. The number of nitrogens with zero attached hydrogens (tertiary/aromatic N) is 1. The number of alkyl halides is 3. The molecule has 0 bridgehead atoms. The van der Waals surface area contributed by atoms with Gasteiger partial charge in [-0.2, -0.15) is 13.2 Å². The topological polar surface area (TPSA) is 85.1 Å². The molecule has 0 fully saturated rings. The standard InChI is InChI=1S/C14H10F3N3O2/c15-14(16,17)11-4-3-9(6-8(11)7-21)20-13(22)10-2-1-5-19-12(10)18/h1-7H,(H2,18,19)(H,20,22). The van der Waals surface area contributed by atoms with Crippen molar-refractivity contribution in [1.82, 2.24) is 4.98 Å². The molecule has 2 aromatic rings. The maximum atomic E-state index is 12.7. The average Bonchev–Trinajstić information content (AvgIpc) is 2.46. The van der Waals surface area contributed by atoms with E-state index in [-0.39, 0.29) is 23.4 Å². The largest absolute Gasteiger partial charge is 0.417 e. The predicted octanol–water partition coefficient (Wildman–Crippen LogP) is 2.75. The highest BCUT2D eigenvalue weighted by molar-refractivity contribution is 6.07. The molecule has 0 saturated carbocycles. The molecule has 1 aromatic carbocycles. The SMILES string of the molecule is Nc1ncccc1C(=O)Nc1ccc(C(F)(F)F)c(C=O)c1. The highest BCUT2D eigenvalue weighted by Crippen LogP contribution is 2.32. The van der Waals surface area contributed by atoms with Crippen LogP contribution in [0.2, 0.25) is 0 Å². The summed E-state index contributed by atoms with van der Waals surface area (Å²) < 4.78 is 38.0. The molecule has 22 heavy (non-hydrogen) atoms. The molecule has 1 heterocycles. The van der Waals surface area contributed by atoms with Crippen LogP contribution in [0.5, 0.6) is 0 Å². The third kappa shape index (κ3) is 3.22. The Hall–Kier alpha value is -2.90. The lowest BCUT2D eigenvalue weighted by atomic mass is 10.1. The van der Waals surface area contributed by atoms with E-state index in [1.807, 2.05) is 0 Å². The zero-order chi connectivity index (χ0) is 16.3. The number of hydrogen-bond donors (Lipinski definition) is 2. The van der Waals surface area contributed by atoms with Gasteiger partial charge in [-0.25, -0.2) is 4.98 Å². The Bertz CT molecular complexity index is 730. The summed E-state index contributed by atoms with van der Waals surface area (Å²) in [6, 6.07) is 5.64. The minimum absolute atomic E-state index is 0.0116. The van der Waals surface area contributed by atoms with Gasteiger partial charge in [-0.15, -0.1) is 0 Å². The van der Waals surface area contributed by atoms with Crippen molar-refractivity contribution in [1.29, 1.82) is 0 Å². The van der Waals surface area contributed by atoms with Gasteiger partial charge in [0.1, 0.15) is 5.82 Å². The number of pyridine rings is 1. The van der Waals surface area contributed by atoms with Crippen LogP contribution in [0.15, 0.2) is 36.5 Å². The summed E-state index contributed by atoms with van der Waals surface area (Å²) >= 11 is 0. The molecule has 1 aromatic heterocycles. The number of benzene rings is 1. The van der Waals surface area contributed by atoms with E-state index in [4.69, 9.17) is 5.73 Å². The van der Waals surface area contributed by atoms with Crippen molar-refractivity contribution >= 4 is 23.7 Å². The number of nitrogens with one attached hydrogen (secondary N) is 1. The maximum Gasteiger partial charge on any atom is 0.417 e. The number of nitrogens with two attached hydrogens (primary N) is 1. The van der Waals surface area contributed by atoms with Gasteiger partial charge >= 0.3 is 6.18 Å². The lowest BCUT2D eigenvalue weighted by Gasteiger charge is -2.12. The van der Waals surface area contributed by atoms with Crippen molar-refractivity contribution in [3.05, 3.63) is 53.2 Å². The summed E-state index contributed by atoms with van der Waals surface area (Å²) in [7, 11) is 0. The van der Waals surface area contributed by atoms with Gasteiger partial charge in [0.05, 0.1) is 11.1 Å². The molecule has 0 aliphatic heterocycles. The fourth-order valence-corrected chi connectivity index (χ4v) is 1.80. The second kappa shape index (κ2) is 5.84. The fourth-order valence-electron chi connectivity index (χ4n) is 1.80. The molecule has 114 valence electrons. The minimum atomic E-state index is -4.65. The molecule has 0 atom stereocenters. The van der Waals surface area contributed by atoms with Crippen LogP contribution in [-0.2, 0) is 6.18 Å². The number of hydrogen-bond acceptors (Lipinski definition) is 4. The molecule has 0 spiro atoms. The molecule has 0 aliphatic rings. The van der Waals surface area contributed by atoms with E-state index in [0.29, 0.717) is 0 Å². The summed E-state index contributed by atoms with van der Waals surface area (Å²) in [5.41, 5.74) is 4.03. The molecule has 0 radical (unpaired) electrons. The quantitative estimate of drug-likeness (QED) is 0.854. The van der Waals surface area contributed by atoms with E-state index in [2.05, 4.69) is 10.3 Å². The van der Waals surface area contributed by atoms with Crippen molar-refractivity contribution in [2.24, 2.45) is 0 Å². The third-order valence-electron chi connectivity index (χ3n) is 2.82. The van der Waals surface area contributed by atoms with E-state index in [0.717, 1.165) is 18.2 Å². The Morgan fingerprint density at radius 2 is 2.00 bits per heavy atom. The first kappa shape index (κ1) is 15.5. The summed E-state index contributed by atoms with van der Waals surface area (Å²) in [6.07, 6.45) is -3.17. The Morgan fingerprint density at radius 3 is 2.59 bits per heavy atom. The first-order valence-corrected chi connectivity index (χ1v) is 6.01. The number of rotatable bonds is 3. The molecular formula is C14H10F3N3O2. The number of carbonyl (C=O) groups excluding carboxylic acids is 2. The lowest BCUT2D eigenvalue weighted by molar-refractivity contribution is -0.137. The molecule has 0 saturated heterocycles. The van der Waals surface area contributed by atoms with Crippen LogP contribution < -0.4 is 11.1 Å². The zero-order valence-corrected chi connectivity index (χ0v) is 11.0. The second-order valence-electron chi connectivity index (χ2n) is 4.31. The van der Waals surface area contributed by atoms with Crippen LogP contribution in [0.25, 0.3) is 0 Å². The molecule has 0 unspecified atom stereocenters. The Morgan fingerprint density at radius 1 is 1.27 bits per heavy atom. The molecule has 0 aliphatic carbocycles. The zero-order valence-electron chi connectivity index (χ0n) is 11.0. The number of halogens is 3. The van der Waals surface area contributed by atoms with Crippen LogP contribution in [0.3, 0.4) is 0 Å². The van der Waals surface area contributed by atoms with E-state index < -0.39 is 23.2 Å². The molecule has 5 nitrogen and oxygen atoms in total. The summed E-state index contributed by atoms with van der Waals surface area (Å²) in [4.78, 5) is 26.5. The van der Waals surface area contributed by atoms with Gasteiger partial charge in [0.2, 0.25) is 0 Å². The monoisotopic (exact) mass is 309 g/mol. The van der Waals surface area contributed by atoms with Gasteiger partial charge in [-0.1, -0.05) is 0 Å². The van der Waals surface area contributed by atoms with E-state index in [9.17, 15) is 22.8 Å². The predicted molar refractivity (Wildman–Crippen MR) is 73.4 cm³/mol. The number of amides is 1. The van der Waals surface area contributed by atoms with Gasteiger partial charge < -0.3 is 11.1 Å². The Labute approximate surface area is 123 Å². The van der Waals surface area contributed by atoms with Gasteiger partial charge in [0, 0.05) is 17.4 Å². The van der Waals surface area contributed by atoms with E-state index >= 15 is 0 Å². The number of aromatic nitrogens is 1. The lowest BCUT2D eigenvalue weighted by Crippen LogP contribution is -2.15. The minimum Gasteiger partial charge on any atom is -0.383 e. The van der Waals surface area contributed by atoms with Crippen molar-refractivity contribution in [2.75, 3.05) is 11.1 Å². The van der Waals surface area contributed by atoms with Crippen LogP contribution in [-0.4, -0.2) is 17.2 Å². The molecular weight excluding hydrogens is 299 g/mol. The summed E-state index contributed by atoms with van der Waals surface area (Å²) in [5, 5.41) is 2.37. The Balaban J connectivity index is 2.30. The van der Waals surface area contributed by atoms with Gasteiger partial charge in [0.15, 0.2) is 6.29 Å². The van der Waals surface area contributed by atoms with Crippen molar-refractivity contribution < 1.29 is 22.8 Å². The normalized spacial score (nSPS) is 11.0. The van der Waals surface area contributed by atoms with Crippen LogP contribution >= 0.6 is 0 Å². The fraction of sp³-hybridized carbons (Fsp3) is 0.0714. The van der Waals surface area contributed by atoms with E-state index in [1.54, 1.807) is 0 Å². The number of nitrogen functional groups attached to an aromatic ring is 1. The van der Waals surface area contributed by atoms with Gasteiger partial charge in [-0.3, -0.25) is 9.59 Å².